The van der Waals surface area contributed by atoms with Crippen LogP contribution in [-0.2, 0) is 24.1 Å². The van der Waals surface area contributed by atoms with Crippen LogP contribution in [0.25, 0.3) is 0 Å². The number of nitrogens with zero attached hydrogens (tertiary/aromatic N) is 2. The Labute approximate surface area is 154 Å². The monoisotopic (exact) mass is 356 g/mol. The first-order valence-electron chi connectivity index (χ1n) is 9.36. The minimum Gasteiger partial charge on any atom is -0.383 e. The van der Waals surface area contributed by atoms with Crippen molar-refractivity contribution in [2.24, 2.45) is 0 Å². The topological polar surface area (TPSA) is 68.2 Å². The average Bonchev–Trinajstić information content (AvgIpc) is 3.01. The fourth-order valence-corrected chi connectivity index (χ4v) is 3.54. The largest absolute Gasteiger partial charge is 0.383 e. The molecule has 1 aromatic heterocycles. The van der Waals surface area contributed by atoms with Gasteiger partial charge in [0.05, 0.1) is 13.2 Å². The molecule has 0 bridgehead atoms. The predicted octanol–water partition coefficient (Wildman–Crippen LogP) is 1.77. The zero-order valence-corrected chi connectivity index (χ0v) is 15.6. The lowest BCUT2D eigenvalue weighted by atomic mass is 9.91. The summed E-state index contributed by atoms with van der Waals surface area (Å²) in [6, 6.07) is 10.6. The molecule has 1 amide bonds. The first-order chi connectivity index (χ1) is 12.7. The lowest BCUT2D eigenvalue weighted by Gasteiger charge is -2.24. The van der Waals surface area contributed by atoms with Crippen molar-refractivity contribution < 1.29 is 9.53 Å². The van der Waals surface area contributed by atoms with Crippen LogP contribution < -0.4 is 10.6 Å². The molecule has 3 rings (SSSR count). The van der Waals surface area contributed by atoms with Gasteiger partial charge in [-0.15, -0.1) is 0 Å². The van der Waals surface area contributed by atoms with E-state index >= 15 is 0 Å². The number of carbonyl (C=O) groups is 1. The molecule has 0 spiro atoms. The van der Waals surface area contributed by atoms with Crippen molar-refractivity contribution in [2.45, 2.75) is 38.8 Å². The van der Waals surface area contributed by atoms with E-state index < -0.39 is 0 Å². The summed E-state index contributed by atoms with van der Waals surface area (Å²) in [4.78, 5) is 12.5. The molecule has 0 aliphatic heterocycles. The predicted molar refractivity (Wildman–Crippen MR) is 101 cm³/mol. The maximum atomic E-state index is 12.5. The summed E-state index contributed by atoms with van der Waals surface area (Å²) < 4.78 is 7.14. The van der Waals surface area contributed by atoms with Crippen LogP contribution in [0, 0.1) is 0 Å². The summed E-state index contributed by atoms with van der Waals surface area (Å²) in [5.74, 6) is -0.0758. The zero-order valence-electron chi connectivity index (χ0n) is 15.6. The third-order valence-corrected chi connectivity index (χ3v) is 4.81. The molecule has 2 aromatic rings. The van der Waals surface area contributed by atoms with Crippen LogP contribution in [-0.4, -0.2) is 48.5 Å². The third kappa shape index (κ3) is 4.31. The van der Waals surface area contributed by atoms with Gasteiger partial charge in [0.1, 0.15) is 0 Å². The third-order valence-electron chi connectivity index (χ3n) is 4.81. The Morgan fingerprint density at radius 1 is 1.35 bits per heavy atom. The van der Waals surface area contributed by atoms with Gasteiger partial charge in [-0.05, 0) is 31.7 Å². The lowest BCUT2D eigenvalue weighted by Crippen LogP contribution is -2.37. The average molecular weight is 356 g/mol. The molecular weight excluding hydrogens is 328 g/mol. The van der Waals surface area contributed by atoms with Gasteiger partial charge in [-0.3, -0.25) is 9.48 Å². The van der Waals surface area contributed by atoms with Crippen molar-refractivity contribution in [1.29, 1.82) is 0 Å². The second-order valence-corrected chi connectivity index (χ2v) is 6.66. The summed E-state index contributed by atoms with van der Waals surface area (Å²) in [6.07, 6.45) is 2.81. The number of aromatic nitrogens is 2. The minimum atomic E-state index is -0.0758. The Morgan fingerprint density at radius 2 is 2.15 bits per heavy atom. The van der Waals surface area contributed by atoms with Gasteiger partial charge in [0.15, 0.2) is 5.69 Å². The second kappa shape index (κ2) is 8.96. The number of hydrogen-bond acceptors (Lipinski definition) is 4. The standard InChI is InChI=1S/C20H28N4O2/c1-3-21-20(25)19-17-13-16(22-11-12-26-2)9-10-18(17)24(23-19)14-15-7-5-4-6-8-15/h4-8,16,22H,3,9-14H2,1-2H3,(H,21,25). The Kier molecular flexibility index (Phi) is 6.41. The van der Waals surface area contributed by atoms with Gasteiger partial charge in [-0.1, -0.05) is 30.3 Å². The van der Waals surface area contributed by atoms with Crippen molar-refractivity contribution in [2.75, 3.05) is 26.8 Å². The molecule has 140 valence electrons. The summed E-state index contributed by atoms with van der Waals surface area (Å²) in [6.45, 7) is 4.75. The Balaban J connectivity index is 1.84. The molecule has 1 heterocycles. The number of benzene rings is 1. The van der Waals surface area contributed by atoms with Gasteiger partial charge < -0.3 is 15.4 Å². The number of amides is 1. The summed E-state index contributed by atoms with van der Waals surface area (Å²) in [5, 5.41) is 11.1. The van der Waals surface area contributed by atoms with Gasteiger partial charge >= 0.3 is 0 Å². The molecule has 1 aliphatic rings. The minimum absolute atomic E-state index is 0.0758. The van der Waals surface area contributed by atoms with Crippen LogP contribution in [0.3, 0.4) is 0 Å². The number of nitrogens with one attached hydrogen (secondary N) is 2. The summed E-state index contributed by atoms with van der Waals surface area (Å²) in [7, 11) is 1.71. The van der Waals surface area contributed by atoms with Gasteiger partial charge in [-0.2, -0.15) is 5.10 Å². The van der Waals surface area contributed by atoms with E-state index in [1.165, 1.54) is 11.3 Å². The molecule has 0 radical (unpaired) electrons. The van der Waals surface area contributed by atoms with E-state index in [0.717, 1.165) is 31.4 Å². The van der Waals surface area contributed by atoms with E-state index in [1.54, 1.807) is 7.11 Å². The molecule has 1 unspecified atom stereocenters. The molecule has 1 aliphatic carbocycles. The highest BCUT2D eigenvalue weighted by atomic mass is 16.5. The van der Waals surface area contributed by atoms with Crippen LogP contribution in [0.5, 0.6) is 0 Å². The number of methoxy groups -OCH3 is 1. The maximum Gasteiger partial charge on any atom is 0.272 e. The van der Waals surface area contributed by atoms with Crippen molar-refractivity contribution in [3.05, 3.63) is 52.8 Å². The van der Waals surface area contributed by atoms with E-state index in [2.05, 4.69) is 27.9 Å². The molecular formula is C20H28N4O2. The van der Waals surface area contributed by atoms with Crippen LogP contribution in [0.1, 0.15) is 40.7 Å². The van der Waals surface area contributed by atoms with Crippen molar-refractivity contribution >= 4 is 5.91 Å². The quantitative estimate of drug-likeness (QED) is 0.708. The van der Waals surface area contributed by atoms with Crippen LogP contribution in [0.2, 0.25) is 0 Å². The van der Waals surface area contributed by atoms with Crippen LogP contribution in [0.15, 0.2) is 30.3 Å². The maximum absolute atomic E-state index is 12.5. The number of carbonyl (C=O) groups excluding carboxylic acids is 1. The SMILES string of the molecule is CCNC(=O)c1nn(Cc2ccccc2)c2c1CC(NCCOC)CC2. The molecule has 0 saturated heterocycles. The smallest absolute Gasteiger partial charge is 0.272 e. The number of hydrogen-bond donors (Lipinski definition) is 2. The Morgan fingerprint density at radius 3 is 2.88 bits per heavy atom. The molecule has 6 nitrogen and oxygen atoms in total. The number of ether oxygens (including phenoxy) is 1. The van der Waals surface area contributed by atoms with E-state index in [1.807, 2.05) is 29.8 Å². The van der Waals surface area contributed by atoms with E-state index in [9.17, 15) is 4.79 Å². The molecule has 0 saturated carbocycles. The molecule has 1 atom stereocenters. The number of rotatable bonds is 8. The number of fused-ring (bicyclic) bond motifs is 1. The highest BCUT2D eigenvalue weighted by Gasteiger charge is 2.28. The van der Waals surface area contributed by atoms with Crippen molar-refractivity contribution in [1.82, 2.24) is 20.4 Å². The summed E-state index contributed by atoms with van der Waals surface area (Å²) in [5.41, 5.74) is 4.06. The van der Waals surface area contributed by atoms with Gasteiger partial charge in [-0.25, -0.2) is 0 Å². The molecule has 26 heavy (non-hydrogen) atoms. The first kappa shape index (κ1) is 18.6. The lowest BCUT2D eigenvalue weighted by molar-refractivity contribution is 0.0949. The van der Waals surface area contributed by atoms with E-state index in [4.69, 9.17) is 4.74 Å². The van der Waals surface area contributed by atoms with Crippen molar-refractivity contribution in [3.8, 4) is 0 Å². The van der Waals surface area contributed by atoms with E-state index in [-0.39, 0.29) is 5.91 Å². The van der Waals surface area contributed by atoms with Gasteiger partial charge in [0, 0.05) is 37.5 Å². The molecule has 1 aromatic carbocycles. The highest BCUT2D eigenvalue weighted by molar-refractivity contribution is 5.94. The normalized spacial score (nSPS) is 16.3. The fourth-order valence-electron chi connectivity index (χ4n) is 3.54. The first-order valence-corrected chi connectivity index (χ1v) is 9.36. The van der Waals surface area contributed by atoms with E-state index in [0.29, 0.717) is 31.4 Å². The zero-order chi connectivity index (χ0) is 18.4. The molecule has 0 fully saturated rings. The van der Waals surface area contributed by atoms with Crippen LogP contribution in [0.4, 0.5) is 0 Å². The van der Waals surface area contributed by atoms with Crippen LogP contribution >= 0.6 is 0 Å². The molecule has 2 N–H and O–H groups in total. The second-order valence-electron chi connectivity index (χ2n) is 6.66. The van der Waals surface area contributed by atoms with Crippen molar-refractivity contribution in [3.63, 3.8) is 0 Å². The fraction of sp³-hybridized carbons (Fsp3) is 0.500. The Hall–Kier alpha value is -2.18. The highest BCUT2D eigenvalue weighted by Crippen LogP contribution is 2.25. The Bertz CT molecular complexity index is 727. The van der Waals surface area contributed by atoms with Gasteiger partial charge in [0.2, 0.25) is 0 Å². The summed E-state index contributed by atoms with van der Waals surface area (Å²) >= 11 is 0. The van der Waals surface area contributed by atoms with Gasteiger partial charge in [0.25, 0.3) is 5.91 Å². The molecule has 6 heteroatoms.